The van der Waals surface area contributed by atoms with Gasteiger partial charge in [0.25, 0.3) is 0 Å². The van der Waals surface area contributed by atoms with Gasteiger partial charge in [0.05, 0.1) is 0 Å². The summed E-state index contributed by atoms with van der Waals surface area (Å²) in [4.78, 5) is 0. The summed E-state index contributed by atoms with van der Waals surface area (Å²) in [6, 6.07) is 0. The molecule has 0 amide bonds. The summed E-state index contributed by atoms with van der Waals surface area (Å²) >= 11 is 1.01. The van der Waals surface area contributed by atoms with Crippen molar-refractivity contribution >= 4 is 8.25 Å². The van der Waals surface area contributed by atoms with Crippen molar-refractivity contribution in [3.05, 3.63) is 0 Å². The zero-order chi connectivity index (χ0) is 5.70. The molecule has 0 fully saturated rings. The van der Waals surface area contributed by atoms with Gasteiger partial charge in [-0.25, -0.2) is 0 Å². The zero-order valence-corrected chi connectivity index (χ0v) is 7.53. The average Bonchev–Trinajstić information content (AvgIpc) is 1.68. The zero-order valence-electron chi connectivity index (χ0n) is 3.81. The first kappa shape index (κ1) is 7.81. The van der Waals surface area contributed by atoms with Crippen LogP contribution in [0.25, 0.3) is 0 Å². The Labute approximate surface area is 54.2 Å². The minimum absolute atomic E-state index is 0.459. The van der Waals surface area contributed by atoms with E-state index in [4.69, 9.17) is 0 Å². The van der Waals surface area contributed by atoms with E-state index in [1.807, 2.05) is 0 Å². The van der Waals surface area contributed by atoms with Gasteiger partial charge in [0.15, 0.2) is 0 Å². The van der Waals surface area contributed by atoms with Gasteiger partial charge >= 0.3 is 53.7 Å². The van der Waals surface area contributed by atoms with E-state index < -0.39 is 8.25 Å². The maximum atomic E-state index is 10.2. The summed E-state index contributed by atoms with van der Waals surface area (Å²) in [5, 5.41) is 0. The molecular formula is C2H6O3PRe. The predicted molar refractivity (Wildman–Crippen MR) is 21.7 cm³/mol. The third kappa shape index (κ3) is 4.67. The molecule has 0 radical (unpaired) electrons. The van der Waals surface area contributed by atoms with E-state index in [9.17, 15) is 4.57 Å². The van der Waals surface area contributed by atoms with Crippen molar-refractivity contribution in [3.63, 3.8) is 0 Å². The molecule has 0 aromatic rings. The fourth-order valence-electron chi connectivity index (χ4n) is 0.140. The molecule has 0 saturated carbocycles. The van der Waals surface area contributed by atoms with Gasteiger partial charge in [-0.3, -0.25) is 0 Å². The third-order valence-corrected chi connectivity index (χ3v) is 2.33. The van der Waals surface area contributed by atoms with Crippen LogP contribution in [0.3, 0.4) is 0 Å². The summed E-state index contributed by atoms with van der Waals surface area (Å²) in [6.07, 6.45) is 0. The van der Waals surface area contributed by atoms with Crippen molar-refractivity contribution in [2.24, 2.45) is 0 Å². The fourth-order valence-corrected chi connectivity index (χ4v) is 0.900. The van der Waals surface area contributed by atoms with Gasteiger partial charge in [-0.2, -0.15) is 0 Å². The Morgan fingerprint density at radius 2 is 2.43 bits per heavy atom. The molecule has 0 aromatic carbocycles. The molecule has 44 valence electrons. The van der Waals surface area contributed by atoms with Crippen LogP contribution in [0.5, 0.6) is 0 Å². The first-order valence-electron chi connectivity index (χ1n) is 1.76. The van der Waals surface area contributed by atoms with Gasteiger partial charge in [0.2, 0.25) is 0 Å². The molecule has 7 heavy (non-hydrogen) atoms. The van der Waals surface area contributed by atoms with Crippen LogP contribution in [-0.2, 0) is 31.9 Å². The standard InChI is InChI=1S/C2H7O3P.Re/c1-2-5-6(3)4;/h6H,2H2,1H3,(H,3,4);/q;+1/p-1. The van der Waals surface area contributed by atoms with Crippen molar-refractivity contribution in [2.75, 3.05) is 6.61 Å². The Bertz CT molecular complexity index is 66.0. The summed E-state index contributed by atoms with van der Waals surface area (Å²) < 4.78 is 19.1. The van der Waals surface area contributed by atoms with E-state index in [0.29, 0.717) is 6.61 Å². The topological polar surface area (TPSA) is 35.5 Å². The molecule has 0 aliphatic heterocycles. The Hall–Kier alpha value is 0.812. The molecule has 0 N–H and O–H groups in total. The van der Waals surface area contributed by atoms with Crippen LogP contribution in [-0.4, -0.2) is 6.61 Å². The van der Waals surface area contributed by atoms with Crippen LogP contribution in [0, 0.1) is 0 Å². The fraction of sp³-hybridized carbons (Fsp3) is 1.00. The van der Waals surface area contributed by atoms with E-state index in [2.05, 4.69) is 7.77 Å². The van der Waals surface area contributed by atoms with Gasteiger partial charge in [-0.05, 0) is 0 Å². The summed E-state index contributed by atoms with van der Waals surface area (Å²) in [7, 11) is -2.11. The quantitative estimate of drug-likeness (QED) is 0.726. The molecule has 0 bridgehead atoms. The molecule has 1 atom stereocenters. The molecule has 0 aromatic heterocycles. The van der Waals surface area contributed by atoms with E-state index >= 15 is 0 Å². The second kappa shape index (κ2) is 4.96. The normalized spacial score (nSPS) is 14.0. The number of rotatable bonds is 3. The van der Waals surface area contributed by atoms with Gasteiger partial charge in [0.1, 0.15) is 0 Å². The van der Waals surface area contributed by atoms with Crippen molar-refractivity contribution in [1.29, 1.82) is 0 Å². The van der Waals surface area contributed by atoms with Crippen LogP contribution < -0.4 is 0 Å². The number of hydrogen-bond donors (Lipinski definition) is 0. The predicted octanol–water partition coefficient (Wildman–Crippen LogP) is 0.891. The first-order chi connectivity index (χ1) is 3.31. The van der Waals surface area contributed by atoms with Crippen molar-refractivity contribution in [2.45, 2.75) is 6.92 Å². The van der Waals surface area contributed by atoms with E-state index in [0.717, 1.165) is 19.6 Å². The average molecular weight is 295 g/mol. The molecule has 0 aliphatic carbocycles. The second-order valence-corrected chi connectivity index (χ2v) is 3.37. The van der Waals surface area contributed by atoms with Gasteiger partial charge in [-0.1, -0.05) is 0 Å². The van der Waals surface area contributed by atoms with E-state index in [-0.39, 0.29) is 0 Å². The maximum absolute atomic E-state index is 10.2. The van der Waals surface area contributed by atoms with Gasteiger partial charge in [-0.15, -0.1) is 0 Å². The molecule has 0 heterocycles. The second-order valence-electron chi connectivity index (χ2n) is 0.760. The van der Waals surface area contributed by atoms with Crippen LogP contribution in [0.2, 0.25) is 0 Å². The Kier molecular flexibility index (Phi) is 5.53. The van der Waals surface area contributed by atoms with Crippen LogP contribution >= 0.6 is 8.25 Å². The van der Waals surface area contributed by atoms with E-state index in [1.54, 1.807) is 6.92 Å². The SMILES string of the molecule is CCO[PH](=O)[O][Re]. The van der Waals surface area contributed by atoms with Gasteiger partial charge in [0, 0.05) is 0 Å². The molecule has 1 unspecified atom stereocenters. The van der Waals surface area contributed by atoms with Crippen molar-refractivity contribution in [1.82, 2.24) is 0 Å². The summed E-state index contributed by atoms with van der Waals surface area (Å²) in [5.41, 5.74) is 0. The van der Waals surface area contributed by atoms with Crippen molar-refractivity contribution in [3.8, 4) is 0 Å². The Balaban J connectivity index is 3.00. The van der Waals surface area contributed by atoms with E-state index in [1.165, 1.54) is 0 Å². The van der Waals surface area contributed by atoms with Crippen LogP contribution in [0.1, 0.15) is 6.92 Å². The summed E-state index contributed by atoms with van der Waals surface area (Å²) in [5.74, 6) is 0. The Morgan fingerprint density at radius 3 is 2.57 bits per heavy atom. The van der Waals surface area contributed by atoms with Crippen LogP contribution in [0.4, 0.5) is 0 Å². The monoisotopic (exact) mass is 296 g/mol. The molecule has 5 heteroatoms. The molecule has 0 saturated heterocycles. The molecule has 3 nitrogen and oxygen atoms in total. The number of hydrogen-bond acceptors (Lipinski definition) is 3. The third-order valence-electron chi connectivity index (χ3n) is 0.325. The molecule has 0 rings (SSSR count). The van der Waals surface area contributed by atoms with Crippen molar-refractivity contribution < 1.29 is 31.9 Å². The van der Waals surface area contributed by atoms with Gasteiger partial charge < -0.3 is 0 Å². The Morgan fingerprint density at radius 1 is 1.86 bits per heavy atom. The van der Waals surface area contributed by atoms with Crippen LogP contribution in [0.15, 0.2) is 0 Å². The molecule has 0 aliphatic rings. The molecular weight excluding hydrogens is 289 g/mol. The molecule has 0 spiro atoms. The first-order valence-corrected chi connectivity index (χ1v) is 4.10. The minimum atomic E-state index is -2.11. The summed E-state index contributed by atoms with van der Waals surface area (Å²) in [6.45, 7) is 2.23.